The largest absolute Gasteiger partial charge is 0.317 e. The van der Waals surface area contributed by atoms with Crippen molar-refractivity contribution in [3.8, 4) is 0 Å². The van der Waals surface area contributed by atoms with Gasteiger partial charge in [0, 0.05) is 6.54 Å². The van der Waals surface area contributed by atoms with E-state index >= 15 is 0 Å². The molecule has 0 bridgehead atoms. The summed E-state index contributed by atoms with van der Waals surface area (Å²) in [6, 6.07) is 0. The van der Waals surface area contributed by atoms with Crippen LogP contribution in [0.2, 0.25) is 0 Å². The second kappa shape index (κ2) is 5.51. The summed E-state index contributed by atoms with van der Waals surface area (Å²) in [6.45, 7) is 4.33. The molecule has 0 amide bonds. The van der Waals surface area contributed by atoms with Crippen molar-refractivity contribution in [3.63, 3.8) is 0 Å². The lowest BCUT2D eigenvalue weighted by Gasteiger charge is -2.01. The van der Waals surface area contributed by atoms with Crippen LogP contribution in [0.4, 0.5) is 0 Å². The second-order valence-corrected chi connectivity index (χ2v) is 4.21. The van der Waals surface area contributed by atoms with Gasteiger partial charge in [-0.15, -0.1) is 0 Å². The highest BCUT2D eigenvalue weighted by Gasteiger charge is 1.97. The zero-order valence-corrected chi connectivity index (χ0v) is 7.87. The monoisotopic (exact) mass is 180 g/mol. The fraction of sp³-hybridized carbons (Fsp3) is 1.00. The van der Waals surface area contributed by atoms with Gasteiger partial charge in [-0.25, -0.2) is 13.1 Å². The summed E-state index contributed by atoms with van der Waals surface area (Å²) in [4.78, 5) is 0. The summed E-state index contributed by atoms with van der Waals surface area (Å²) in [5.41, 5.74) is 0. The molecule has 2 N–H and O–H groups in total. The highest BCUT2D eigenvalue weighted by atomic mass is 32.2. The first-order valence-corrected chi connectivity index (χ1v) is 5.60. The van der Waals surface area contributed by atoms with Gasteiger partial charge in [-0.05, 0) is 19.5 Å². The van der Waals surface area contributed by atoms with E-state index in [4.69, 9.17) is 0 Å². The quantitative estimate of drug-likeness (QED) is 0.544. The van der Waals surface area contributed by atoms with Crippen LogP contribution in [-0.2, 0) is 10.0 Å². The summed E-state index contributed by atoms with van der Waals surface area (Å²) in [5.74, 6) is 0. The number of nitrogens with one attached hydrogen (secondary N) is 2. The van der Waals surface area contributed by atoms with Crippen LogP contribution in [0.3, 0.4) is 0 Å². The summed E-state index contributed by atoms with van der Waals surface area (Å²) in [5, 5.41) is 3.10. The van der Waals surface area contributed by atoms with Crippen molar-refractivity contribution in [2.24, 2.45) is 0 Å². The van der Waals surface area contributed by atoms with Crippen LogP contribution < -0.4 is 10.0 Å². The minimum Gasteiger partial charge on any atom is -0.317 e. The molecule has 0 saturated heterocycles. The molecule has 0 aromatic heterocycles. The molecule has 0 aliphatic carbocycles. The summed E-state index contributed by atoms with van der Waals surface area (Å²) in [6.07, 6.45) is 2.00. The predicted molar refractivity (Wildman–Crippen MR) is 46.0 cm³/mol. The molecule has 0 aliphatic rings. The fourth-order valence-corrected chi connectivity index (χ4v) is 1.16. The van der Waals surface area contributed by atoms with Gasteiger partial charge in [0.15, 0.2) is 0 Å². The Morgan fingerprint density at radius 3 is 2.36 bits per heavy atom. The molecule has 0 fully saturated rings. The standard InChI is InChI=1S/C6H16N2O2S/c1-3-7-5-4-6-8-11(2,9)10/h7-8H,3-6H2,1-2H3. The van der Waals surface area contributed by atoms with Crippen LogP contribution in [0.15, 0.2) is 0 Å². The number of hydrogen-bond donors (Lipinski definition) is 2. The smallest absolute Gasteiger partial charge is 0.208 e. The van der Waals surface area contributed by atoms with Gasteiger partial charge in [0.05, 0.1) is 6.26 Å². The maximum atomic E-state index is 10.5. The molecule has 0 aromatic carbocycles. The Labute approximate surface area is 68.4 Å². The van der Waals surface area contributed by atoms with Crippen molar-refractivity contribution in [3.05, 3.63) is 0 Å². The molecule has 0 radical (unpaired) electrons. The highest BCUT2D eigenvalue weighted by Crippen LogP contribution is 1.77. The molecule has 0 aliphatic heterocycles. The Kier molecular flexibility index (Phi) is 5.45. The molecule has 0 aromatic rings. The number of hydrogen-bond acceptors (Lipinski definition) is 3. The molecule has 0 rings (SSSR count). The van der Waals surface area contributed by atoms with Gasteiger partial charge in [0.1, 0.15) is 0 Å². The van der Waals surface area contributed by atoms with Crippen molar-refractivity contribution in [2.45, 2.75) is 13.3 Å². The van der Waals surface area contributed by atoms with Crippen molar-refractivity contribution >= 4 is 10.0 Å². The van der Waals surface area contributed by atoms with Gasteiger partial charge >= 0.3 is 0 Å². The topological polar surface area (TPSA) is 58.2 Å². The maximum Gasteiger partial charge on any atom is 0.208 e. The van der Waals surface area contributed by atoms with E-state index < -0.39 is 10.0 Å². The van der Waals surface area contributed by atoms with Crippen molar-refractivity contribution in [1.29, 1.82) is 0 Å². The average molecular weight is 180 g/mol. The molecule has 0 heterocycles. The normalized spacial score (nSPS) is 11.8. The van der Waals surface area contributed by atoms with Crippen LogP contribution in [-0.4, -0.2) is 34.3 Å². The third-order valence-corrected chi connectivity index (χ3v) is 1.87. The lowest BCUT2D eigenvalue weighted by molar-refractivity contribution is 0.581. The van der Waals surface area contributed by atoms with Gasteiger partial charge in [-0.1, -0.05) is 6.92 Å². The van der Waals surface area contributed by atoms with E-state index in [2.05, 4.69) is 10.0 Å². The molecule has 0 unspecified atom stereocenters. The predicted octanol–water partition coefficient (Wildman–Crippen LogP) is -0.465. The summed E-state index contributed by atoms with van der Waals surface area (Å²) >= 11 is 0. The molecule has 0 spiro atoms. The first-order chi connectivity index (χ1) is 5.06. The van der Waals surface area contributed by atoms with Gasteiger partial charge in [0.25, 0.3) is 0 Å². The minimum absolute atomic E-state index is 0.520. The maximum absolute atomic E-state index is 10.5. The van der Waals surface area contributed by atoms with Crippen molar-refractivity contribution in [1.82, 2.24) is 10.0 Å². The Bertz CT molecular complexity index is 177. The Balaban J connectivity index is 3.16. The molecular formula is C6H16N2O2S. The molecule has 5 heteroatoms. The lowest BCUT2D eigenvalue weighted by Crippen LogP contribution is -2.26. The van der Waals surface area contributed by atoms with Crippen LogP contribution in [0.5, 0.6) is 0 Å². The van der Waals surface area contributed by atoms with E-state index in [0.717, 1.165) is 19.5 Å². The molecule has 68 valence electrons. The van der Waals surface area contributed by atoms with Crippen molar-refractivity contribution < 1.29 is 8.42 Å². The van der Waals surface area contributed by atoms with Crippen LogP contribution in [0.25, 0.3) is 0 Å². The van der Waals surface area contributed by atoms with E-state index in [9.17, 15) is 8.42 Å². The van der Waals surface area contributed by atoms with E-state index in [-0.39, 0.29) is 0 Å². The molecule has 11 heavy (non-hydrogen) atoms. The number of rotatable bonds is 6. The van der Waals surface area contributed by atoms with Crippen LogP contribution in [0.1, 0.15) is 13.3 Å². The Morgan fingerprint density at radius 2 is 1.91 bits per heavy atom. The zero-order chi connectivity index (χ0) is 8.74. The number of sulfonamides is 1. The van der Waals surface area contributed by atoms with Gasteiger partial charge in [-0.2, -0.15) is 0 Å². The zero-order valence-electron chi connectivity index (χ0n) is 7.05. The Morgan fingerprint density at radius 1 is 1.27 bits per heavy atom. The Hall–Kier alpha value is -0.130. The van der Waals surface area contributed by atoms with Crippen LogP contribution in [0, 0.1) is 0 Å². The first-order valence-electron chi connectivity index (χ1n) is 3.71. The van der Waals surface area contributed by atoms with Gasteiger partial charge < -0.3 is 5.32 Å². The van der Waals surface area contributed by atoms with E-state index in [1.807, 2.05) is 6.92 Å². The minimum atomic E-state index is -2.99. The molecule has 4 nitrogen and oxygen atoms in total. The molecule has 0 atom stereocenters. The van der Waals surface area contributed by atoms with Gasteiger partial charge in [0.2, 0.25) is 10.0 Å². The van der Waals surface area contributed by atoms with E-state index in [1.54, 1.807) is 0 Å². The second-order valence-electron chi connectivity index (χ2n) is 2.37. The lowest BCUT2D eigenvalue weighted by atomic mass is 10.4. The highest BCUT2D eigenvalue weighted by molar-refractivity contribution is 7.88. The van der Waals surface area contributed by atoms with E-state index in [1.165, 1.54) is 6.26 Å². The fourth-order valence-electron chi connectivity index (χ4n) is 0.648. The first kappa shape index (κ1) is 10.9. The summed E-state index contributed by atoms with van der Waals surface area (Å²) < 4.78 is 23.5. The average Bonchev–Trinajstić information content (AvgIpc) is 1.85. The molecule has 0 saturated carbocycles. The van der Waals surface area contributed by atoms with Crippen molar-refractivity contribution in [2.75, 3.05) is 25.9 Å². The van der Waals surface area contributed by atoms with Gasteiger partial charge in [-0.3, -0.25) is 0 Å². The van der Waals surface area contributed by atoms with Crippen LogP contribution >= 0.6 is 0 Å². The van der Waals surface area contributed by atoms with E-state index in [0.29, 0.717) is 6.54 Å². The SMILES string of the molecule is CCNCCCNS(C)(=O)=O. The molecular weight excluding hydrogens is 164 g/mol. The third-order valence-electron chi connectivity index (χ3n) is 1.14. The third kappa shape index (κ3) is 9.87. The summed E-state index contributed by atoms with van der Waals surface area (Å²) in [7, 11) is -2.99.